The van der Waals surface area contributed by atoms with Gasteiger partial charge in [-0.3, -0.25) is 4.79 Å². The van der Waals surface area contributed by atoms with Crippen molar-refractivity contribution in [1.29, 1.82) is 0 Å². The van der Waals surface area contributed by atoms with E-state index in [1.807, 2.05) is 13.8 Å². The van der Waals surface area contributed by atoms with Crippen LogP contribution in [0.1, 0.15) is 34.6 Å². The zero-order valence-corrected chi connectivity index (χ0v) is 14.5. The number of hydrogen-bond donors (Lipinski definition) is 2. The summed E-state index contributed by atoms with van der Waals surface area (Å²) in [6.07, 6.45) is 0.0343. The Bertz CT molecular complexity index is 773. The molecular formula is C17H15Cl2NO4. The van der Waals surface area contributed by atoms with Gasteiger partial charge < -0.3 is 15.2 Å². The Labute approximate surface area is 149 Å². The molecule has 0 fully saturated rings. The number of carbonyl (C=O) groups excluding carboxylic acids is 1. The predicted octanol–water partition coefficient (Wildman–Crippen LogP) is 4.73. The van der Waals surface area contributed by atoms with E-state index in [2.05, 4.69) is 5.32 Å². The van der Waals surface area contributed by atoms with Crippen molar-refractivity contribution >= 4 is 40.8 Å². The van der Waals surface area contributed by atoms with Crippen LogP contribution in [0.3, 0.4) is 0 Å². The summed E-state index contributed by atoms with van der Waals surface area (Å²) < 4.78 is 5.51. The van der Waals surface area contributed by atoms with Crippen molar-refractivity contribution in [1.82, 2.24) is 0 Å². The van der Waals surface area contributed by atoms with E-state index in [4.69, 9.17) is 33.0 Å². The van der Waals surface area contributed by atoms with Crippen LogP contribution in [0.2, 0.25) is 10.0 Å². The fourth-order valence-corrected chi connectivity index (χ4v) is 2.47. The molecule has 0 saturated heterocycles. The van der Waals surface area contributed by atoms with Gasteiger partial charge in [0.05, 0.1) is 27.4 Å². The summed E-state index contributed by atoms with van der Waals surface area (Å²) in [7, 11) is 0. The van der Waals surface area contributed by atoms with Crippen LogP contribution in [0.4, 0.5) is 5.69 Å². The summed E-state index contributed by atoms with van der Waals surface area (Å²) >= 11 is 11.8. The lowest BCUT2D eigenvalue weighted by Gasteiger charge is -2.11. The number of hydrogen-bond acceptors (Lipinski definition) is 3. The van der Waals surface area contributed by atoms with Gasteiger partial charge in [-0.2, -0.15) is 0 Å². The maximum absolute atomic E-state index is 12.3. The van der Waals surface area contributed by atoms with Crippen molar-refractivity contribution in [3.63, 3.8) is 0 Å². The van der Waals surface area contributed by atoms with E-state index in [1.165, 1.54) is 12.1 Å². The highest BCUT2D eigenvalue weighted by molar-refractivity contribution is 6.38. The van der Waals surface area contributed by atoms with Gasteiger partial charge in [-0.05, 0) is 50.2 Å². The molecule has 0 radical (unpaired) electrons. The first-order valence-corrected chi connectivity index (χ1v) is 7.84. The standard InChI is InChI=1S/C17H15Cl2NO4/c1-9(2)24-11-5-3-10(4-6-11)16(21)20-15-7-12(17(22)23)13(18)8-14(15)19/h3-9H,1-2H3,(H,20,21)(H,22,23). The van der Waals surface area contributed by atoms with E-state index in [0.29, 0.717) is 11.3 Å². The van der Waals surface area contributed by atoms with Crippen molar-refractivity contribution in [2.45, 2.75) is 20.0 Å². The number of amides is 1. The number of anilines is 1. The molecule has 126 valence electrons. The number of nitrogens with one attached hydrogen (secondary N) is 1. The second-order valence-corrected chi connectivity index (χ2v) is 6.08. The second kappa shape index (κ2) is 7.55. The van der Waals surface area contributed by atoms with Gasteiger partial charge >= 0.3 is 5.97 Å². The summed E-state index contributed by atoms with van der Waals surface area (Å²) in [5, 5.41) is 11.8. The van der Waals surface area contributed by atoms with Gasteiger partial charge in [-0.25, -0.2) is 4.79 Å². The Morgan fingerprint density at radius 1 is 1.08 bits per heavy atom. The third-order valence-electron chi connectivity index (χ3n) is 3.02. The number of rotatable bonds is 5. The Morgan fingerprint density at radius 3 is 2.25 bits per heavy atom. The summed E-state index contributed by atoms with van der Waals surface area (Å²) in [4.78, 5) is 23.4. The van der Waals surface area contributed by atoms with Crippen LogP contribution < -0.4 is 10.1 Å². The smallest absolute Gasteiger partial charge is 0.337 e. The molecule has 2 rings (SSSR count). The minimum atomic E-state index is -1.21. The van der Waals surface area contributed by atoms with Gasteiger partial charge in [0, 0.05) is 5.56 Å². The Balaban J connectivity index is 2.20. The summed E-state index contributed by atoms with van der Waals surface area (Å²) in [6, 6.07) is 9.08. The van der Waals surface area contributed by atoms with Gasteiger partial charge in [0.25, 0.3) is 5.91 Å². The average Bonchev–Trinajstić information content (AvgIpc) is 2.49. The van der Waals surface area contributed by atoms with Crippen LogP contribution in [0.25, 0.3) is 0 Å². The molecule has 0 saturated carbocycles. The third-order valence-corrected chi connectivity index (χ3v) is 3.65. The van der Waals surface area contributed by atoms with Crippen LogP contribution in [0.5, 0.6) is 5.75 Å². The molecular weight excluding hydrogens is 353 g/mol. The molecule has 2 aromatic rings. The molecule has 1 amide bonds. The van der Waals surface area contributed by atoms with Gasteiger partial charge in [0.15, 0.2) is 0 Å². The van der Waals surface area contributed by atoms with Crippen molar-refractivity contribution in [2.75, 3.05) is 5.32 Å². The zero-order chi connectivity index (χ0) is 17.9. The highest BCUT2D eigenvalue weighted by atomic mass is 35.5. The first-order chi connectivity index (χ1) is 11.3. The number of carboxylic acids is 1. The van der Waals surface area contributed by atoms with E-state index >= 15 is 0 Å². The maximum atomic E-state index is 12.3. The minimum Gasteiger partial charge on any atom is -0.491 e. The number of ether oxygens (including phenoxy) is 1. The molecule has 0 aliphatic carbocycles. The van der Waals surface area contributed by atoms with Gasteiger partial charge in [0.2, 0.25) is 0 Å². The Morgan fingerprint density at radius 2 is 1.71 bits per heavy atom. The van der Waals surface area contributed by atoms with Crippen LogP contribution in [0, 0.1) is 0 Å². The van der Waals surface area contributed by atoms with E-state index in [1.54, 1.807) is 24.3 Å². The van der Waals surface area contributed by atoms with Crippen molar-refractivity contribution < 1.29 is 19.4 Å². The molecule has 24 heavy (non-hydrogen) atoms. The number of carbonyl (C=O) groups is 2. The highest BCUT2D eigenvalue weighted by Gasteiger charge is 2.15. The SMILES string of the molecule is CC(C)Oc1ccc(C(=O)Nc2cc(C(=O)O)c(Cl)cc2Cl)cc1. The van der Waals surface area contributed by atoms with Crippen molar-refractivity contribution in [3.05, 3.63) is 57.6 Å². The molecule has 7 heteroatoms. The summed E-state index contributed by atoms with van der Waals surface area (Å²) in [5.74, 6) is -0.978. The normalized spacial score (nSPS) is 10.5. The van der Waals surface area contributed by atoms with Gasteiger partial charge in [-0.15, -0.1) is 0 Å². The summed E-state index contributed by atoms with van der Waals surface area (Å²) in [6.45, 7) is 3.81. The molecule has 0 aliphatic heterocycles. The van der Waals surface area contributed by atoms with E-state index in [9.17, 15) is 9.59 Å². The highest BCUT2D eigenvalue weighted by Crippen LogP contribution is 2.29. The van der Waals surface area contributed by atoms with Crippen LogP contribution in [-0.2, 0) is 0 Å². The Hall–Kier alpha value is -2.24. The lowest BCUT2D eigenvalue weighted by molar-refractivity contribution is 0.0696. The lowest BCUT2D eigenvalue weighted by atomic mass is 10.1. The number of carboxylic acid groups (broad SMARTS) is 1. The minimum absolute atomic E-state index is 0.000635. The average molecular weight is 368 g/mol. The first kappa shape index (κ1) is 18.1. The molecule has 0 aromatic heterocycles. The van der Waals surface area contributed by atoms with E-state index < -0.39 is 11.9 Å². The van der Waals surface area contributed by atoms with Gasteiger partial charge in [0.1, 0.15) is 5.75 Å². The molecule has 0 heterocycles. The van der Waals surface area contributed by atoms with Gasteiger partial charge in [-0.1, -0.05) is 23.2 Å². The summed E-state index contributed by atoms with van der Waals surface area (Å²) in [5.41, 5.74) is 0.414. The zero-order valence-electron chi connectivity index (χ0n) is 13.0. The van der Waals surface area contributed by atoms with Crippen LogP contribution >= 0.6 is 23.2 Å². The molecule has 2 aromatic carbocycles. The number of halogens is 2. The number of aromatic carboxylic acids is 1. The van der Waals surface area contributed by atoms with Crippen LogP contribution in [-0.4, -0.2) is 23.1 Å². The lowest BCUT2D eigenvalue weighted by Crippen LogP contribution is -2.13. The maximum Gasteiger partial charge on any atom is 0.337 e. The topological polar surface area (TPSA) is 75.6 Å². The monoisotopic (exact) mass is 367 g/mol. The van der Waals surface area contributed by atoms with E-state index in [0.717, 1.165) is 0 Å². The fourth-order valence-electron chi connectivity index (χ4n) is 1.96. The molecule has 0 spiro atoms. The molecule has 0 aliphatic rings. The Kier molecular flexibility index (Phi) is 5.70. The molecule has 0 atom stereocenters. The largest absolute Gasteiger partial charge is 0.491 e. The van der Waals surface area contributed by atoms with E-state index in [-0.39, 0.29) is 27.4 Å². The number of benzene rings is 2. The van der Waals surface area contributed by atoms with Crippen molar-refractivity contribution in [2.24, 2.45) is 0 Å². The molecule has 0 bridgehead atoms. The molecule has 0 unspecified atom stereocenters. The molecule has 2 N–H and O–H groups in total. The second-order valence-electron chi connectivity index (χ2n) is 5.26. The van der Waals surface area contributed by atoms with Crippen LogP contribution in [0.15, 0.2) is 36.4 Å². The predicted molar refractivity (Wildman–Crippen MR) is 93.6 cm³/mol. The first-order valence-electron chi connectivity index (χ1n) is 7.08. The quantitative estimate of drug-likeness (QED) is 0.800. The molecule has 5 nitrogen and oxygen atoms in total. The fraction of sp³-hybridized carbons (Fsp3) is 0.176. The third kappa shape index (κ3) is 4.40. The van der Waals surface area contributed by atoms with Crippen molar-refractivity contribution in [3.8, 4) is 5.75 Å².